The molecule has 1 rings (SSSR count). The zero-order valence-electron chi connectivity index (χ0n) is 19.4. The van der Waals surface area contributed by atoms with Gasteiger partial charge in [-0.15, -0.1) is 0 Å². The predicted molar refractivity (Wildman–Crippen MR) is 116 cm³/mol. The van der Waals surface area contributed by atoms with Gasteiger partial charge in [0.15, 0.2) is 11.5 Å². The lowest BCUT2D eigenvalue weighted by atomic mass is 10.1. The number of ether oxygens (including phenoxy) is 1. The fourth-order valence-electron chi connectivity index (χ4n) is 2.98. The molecule has 0 aromatic carbocycles. The molecule has 30 heavy (non-hydrogen) atoms. The molecule has 0 saturated heterocycles. The summed E-state index contributed by atoms with van der Waals surface area (Å²) >= 11 is 0. The van der Waals surface area contributed by atoms with Crippen LogP contribution in [0.4, 0.5) is 0 Å². The molecule has 0 radical (unpaired) electrons. The van der Waals surface area contributed by atoms with Crippen LogP contribution in [0, 0.1) is 0 Å². The highest BCUT2D eigenvalue weighted by atomic mass is 31.2. The zero-order valence-corrected chi connectivity index (χ0v) is 20.3. The molecule has 0 aliphatic heterocycles. The van der Waals surface area contributed by atoms with Gasteiger partial charge in [0.2, 0.25) is 5.89 Å². The summed E-state index contributed by atoms with van der Waals surface area (Å²) in [5.74, 6) is 0.160. The Labute approximate surface area is 181 Å². The summed E-state index contributed by atoms with van der Waals surface area (Å²) in [5.41, 5.74) is -1.89. The van der Waals surface area contributed by atoms with Gasteiger partial charge in [0.05, 0.1) is 13.2 Å². The van der Waals surface area contributed by atoms with Crippen molar-refractivity contribution in [2.24, 2.45) is 0 Å². The Hall–Kier alpha value is -1.24. The number of carbonyl (C=O) groups excluding carboxylic acids is 1. The number of rotatable bonds is 15. The standard InChI is InChI=1S/C21H39N2O6P/c1-7-10-11-12-13-14-15-19-22-18(23-29-19)16-17(20(24)28-21(4,5)6)30(25,26-8-2)27-9-3/h17H,7-16H2,1-6H3. The van der Waals surface area contributed by atoms with Crippen LogP contribution in [0.25, 0.3) is 0 Å². The van der Waals surface area contributed by atoms with Crippen molar-refractivity contribution < 1.29 is 27.7 Å². The lowest BCUT2D eigenvalue weighted by molar-refractivity contribution is -0.154. The monoisotopic (exact) mass is 446 g/mol. The SMILES string of the molecule is CCCCCCCCc1nc(CC(C(=O)OC(C)(C)C)P(=O)(OCC)OCC)no1. The minimum Gasteiger partial charge on any atom is -0.459 e. The maximum atomic E-state index is 13.3. The average molecular weight is 447 g/mol. The van der Waals surface area contributed by atoms with Crippen LogP contribution in [-0.4, -0.2) is 40.6 Å². The Morgan fingerprint density at radius 2 is 1.63 bits per heavy atom. The first-order valence-electron chi connectivity index (χ1n) is 11.1. The molecular weight excluding hydrogens is 407 g/mol. The molecule has 0 bridgehead atoms. The highest BCUT2D eigenvalue weighted by Gasteiger charge is 2.44. The second-order valence-corrected chi connectivity index (χ2v) is 10.5. The maximum Gasteiger partial charge on any atom is 0.345 e. The van der Waals surface area contributed by atoms with Gasteiger partial charge in [-0.1, -0.05) is 44.2 Å². The van der Waals surface area contributed by atoms with Crippen molar-refractivity contribution in [2.75, 3.05) is 13.2 Å². The Balaban J connectivity index is 2.85. The van der Waals surface area contributed by atoms with Gasteiger partial charge in [-0.3, -0.25) is 9.36 Å². The van der Waals surface area contributed by atoms with Gasteiger partial charge in [0, 0.05) is 12.8 Å². The molecule has 0 saturated carbocycles. The molecule has 0 aliphatic carbocycles. The van der Waals surface area contributed by atoms with Crippen molar-refractivity contribution in [3.63, 3.8) is 0 Å². The quantitative estimate of drug-likeness (QED) is 0.198. The van der Waals surface area contributed by atoms with E-state index in [9.17, 15) is 9.36 Å². The minimum absolute atomic E-state index is 0.0355. The second kappa shape index (κ2) is 13.2. The number of unbranched alkanes of at least 4 members (excludes halogenated alkanes) is 5. The first-order chi connectivity index (χ1) is 14.1. The van der Waals surface area contributed by atoms with Crippen LogP contribution in [0.5, 0.6) is 0 Å². The van der Waals surface area contributed by atoms with E-state index in [2.05, 4.69) is 17.1 Å². The summed E-state index contributed by atoms with van der Waals surface area (Å²) in [6.45, 7) is 11.1. The van der Waals surface area contributed by atoms with Crippen LogP contribution >= 0.6 is 7.60 Å². The van der Waals surface area contributed by atoms with Gasteiger partial charge < -0.3 is 18.3 Å². The van der Waals surface area contributed by atoms with Crippen LogP contribution in [-0.2, 0) is 36.0 Å². The molecule has 9 heteroatoms. The largest absolute Gasteiger partial charge is 0.459 e. The molecule has 0 aliphatic rings. The summed E-state index contributed by atoms with van der Waals surface area (Å²) in [6.07, 6.45) is 7.65. The van der Waals surface area contributed by atoms with Crippen molar-refractivity contribution in [1.82, 2.24) is 10.1 Å². The van der Waals surface area contributed by atoms with Crippen LogP contribution < -0.4 is 0 Å². The first-order valence-corrected chi connectivity index (χ1v) is 12.7. The number of nitrogens with zero attached hydrogens (tertiary/aromatic N) is 2. The zero-order chi connectivity index (χ0) is 22.6. The third-order valence-electron chi connectivity index (χ3n) is 4.31. The van der Waals surface area contributed by atoms with Crippen molar-refractivity contribution >= 4 is 13.6 Å². The van der Waals surface area contributed by atoms with Gasteiger partial charge in [-0.25, -0.2) is 0 Å². The second-order valence-electron chi connectivity index (χ2n) is 8.25. The van der Waals surface area contributed by atoms with Crippen LogP contribution in [0.15, 0.2) is 4.52 Å². The number of carbonyl (C=O) groups is 1. The molecule has 8 nitrogen and oxygen atoms in total. The fourth-order valence-corrected chi connectivity index (χ4v) is 4.83. The summed E-state index contributed by atoms with van der Waals surface area (Å²) < 4.78 is 34.9. The Bertz CT molecular complexity index is 661. The number of hydrogen-bond donors (Lipinski definition) is 0. The van der Waals surface area contributed by atoms with E-state index in [0.717, 1.165) is 12.8 Å². The first kappa shape index (κ1) is 26.8. The molecule has 1 heterocycles. The number of hydrogen-bond acceptors (Lipinski definition) is 8. The summed E-state index contributed by atoms with van der Waals surface area (Å²) in [7, 11) is -3.76. The van der Waals surface area contributed by atoms with E-state index in [-0.39, 0.29) is 19.6 Å². The van der Waals surface area contributed by atoms with E-state index in [1.54, 1.807) is 34.6 Å². The van der Waals surface area contributed by atoms with E-state index in [4.69, 9.17) is 18.3 Å². The predicted octanol–water partition coefficient (Wildman–Crippen LogP) is 5.49. The number of aromatic nitrogens is 2. The van der Waals surface area contributed by atoms with Crippen molar-refractivity contribution in [3.8, 4) is 0 Å². The average Bonchev–Trinajstić information content (AvgIpc) is 3.09. The summed E-state index contributed by atoms with van der Waals surface area (Å²) in [5, 5.41) is 3.97. The van der Waals surface area contributed by atoms with E-state index in [1.165, 1.54) is 25.7 Å². The van der Waals surface area contributed by atoms with E-state index in [1.807, 2.05) is 0 Å². The Morgan fingerprint density at radius 1 is 1.03 bits per heavy atom. The molecule has 1 unspecified atom stereocenters. The topological polar surface area (TPSA) is 101 Å². The van der Waals surface area contributed by atoms with Crippen molar-refractivity contribution in [2.45, 2.75) is 104 Å². The third kappa shape index (κ3) is 9.71. The third-order valence-corrected chi connectivity index (χ3v) is 6.70. The highest BCUT2D eigenvalue weighted by molar-refractivity contribution is 7.55. The van der Waals surface area contributed by atoms with Gasteiger partial charge in [0.25, 0.3) is 0 Å². The fraction of sp³-hybridized carbons (Fsp3) is 0.857. The van der Waals surface area contributed by atoms with Crippen LogP contribution in [0.1, 0.15) is 91.8 Å². The summed E-state index contributed by atoms with van der Waals surface area (Å²) in [6, 6.07) is 0. The Kier molecular flexibility index (Phi) is 11.8. The summed E-state index contributed by atoms with van der Waals surface area (Å²) in [4.78, 5) is 17.2. The molecule has 0 amide bonds. The van der Waals surface area contributed by atoms with Gasteiger partial charge in [-0.05, 0) is 41.0 Å². The number of esters is 1. The van der Waals surface area contributed by atoms with Gasteiger partial charge in [0.1, 0.15) is 5.60 Å². The van der Waals surface area contributed by atoms with E-state index < -0.39 is 24.8 Å². The molecular formula is C21H39N2O6P. The van der Waals surface area contributed by atoms with E-state index in [0.29, 0.717) is 18.1 Å². The molecule has 0 fully saturated rings. The normalized spacial score (nSPS) is 13.4. The van der Waals surface area contributed by atoms with Crippen LogP contribution in [0.3, 0.4) is 0 Å². The maximum absolute atomic E-state index is 13.3. The molecule has 1 aromatic rings. The van der Waals surface area contributed by atoms with E-state index >= 15 is 0 Å². The molecule has 174 valence electrons. The van der Waals surface area contributed by atoms with Crippen molar-refractivity contribution in [1.29, 1.82) is 0 Å². The molecule has 0 spiro atoms. The highest BCUT2D eigenvalue weighted by Crippen LogP contribution is 2.54. The molecule has 1 atom stereocenters. The molecule has 0 N–H and O–H groups in total. The van der Waals surface area contributed by atoms with Crippen LogP contribution in [0.2, 0.25) is 0 Å². The lowest BCUT2D eigenvalue weighted by Crippen LogP contribution is -2.34. The lowest BCUT2D eigenvalue weighted by Gasteiger charge is -2.27. The smallest absolute Gasteiger partial charge is 0.345 e. The van der Waals surface area contributed by atoms with Gasteiger partial charge >= 0.3 is 13.6 Å². The van der Waals surface area contributed by atoms with Crippen molar-refractivity contribution in [3.05, 3.63) is 11.7 Å². The minimum atomic E-state index is -3.76. The Morgan fingerprint density at radius 3 is 2.20 bits per heavy atom. The number of aryl methyl sites for hydroxylation is 1. The van der Waals surface area contributed by atoms with Gasteiger partial charge in [-0.2, -0.15) is 4.98 Å². The molecule has 1 aromatic heterocycles.